The van der Waals surface area contributed by atoms with Gasteiger partial charge in [-0.15, -0.1) is 11.3 Å². The van der Waals surface area contributed by atoms with Crippen molar-refractivity contribution in [3.05, 3.63) is 40.9 Å². The second-order valence-corrected chi connectivity index (χ2v) is 9.42. The Balaban J connectivity index is 1.42. The lowest BCUT2D eigenvalue weighted by Crippen LogP contribution is -2.44. The van der Waals surface area contributed by atoms with Crippen molar-refractivity contribution in [2.75, 3.05) is 18.0 Å². The molecule has 2 aliphatic rings. The summed E-state index contributed by atoms with van der Waals surface area (Å²) in [7, 11) is -3.45. The summed E-state index contributed by atoms with van der Waals surface area (Å²) < 4.78 is 28.4. The Labute approximate surface area is 153 Å². The first kappa shape index (κ1) is 17.0. The predicted octanol–water partition coefficient (Wildman–Crippen LogP) is 2.97. The number of rotatable bonds is 4. The van der Waals surface area contributed by atoms with Gasteiger partial charge in [-0.2, -0.15) is 0 Å². The molecule has 25 heavy (non-hydrogen) atoms. The third-order valence-corrected chi connectivity index (χ3v) is 7.49. The Morgan fingerprint density at radius 1 is 1.12 bits per heavy atom. The molecule has 1 aliphatic carbocycles. The molecule has 7 heteroatoms. The maximum absolute atomic E-state index is 12.8. The van der Waals surface area contributed by atoms with Gasteiger partial charge in [0.15, 0.2) is 5.13 Å². The van der Waals surface area contributed by atoms with E-state index >= 15 is 0 Å². The van der Waals surface area contributed by atoms with Gasteiger partial charge in [-0.3, -0.25) is 0 Å². The molecule has 0 bridgehead atoms. The zero-order chi connectivity index (χ0) is 17.3. The van der Waals surface area contributed by atoms with E-state index in [9.17, 15) is 8.42 Å². The lowest BCUT2D eigenvalue weighted by Gasteiger charge is -2.32. The fourth-order valence-electron chi connectivity index (χ4n) is 3.73. The minimum atomic E-state index is -3.45. The molecular formula is C18H23N3O2S2. The minimum absolute atomic E-state index is 0.00255. The summed E-state index contributed by atoms with van der Waals surface area (Å²) in [5, 5.41) is 3.00. The Kier molecular flexibility index (Phi) is 4.80. The van der Waals surface area contributed by atoms with Crippen molar-refractivity contribution >= 4 is 26.5 Å². The first-order chi connectivity index (χ1) is 12.1. The summed E-state index contributed by atoms with van der Waals surface area (Å²) in [5.41, 5.74) is 2.51. The van der Waals surface area contributed by atoms with Gasteiger partial charge in [-0.05, 0) is 61.8 Å². The van der Waals surface area contributed by atoms with Crippen LogP contribution >= 0.6 is 11.3 Å². The number of hydrogen-bond donors (Lipinski definition) is 1. The number of anilines is 1. The first-order valence-electron chi connectivity index (χ1n) is 8.90. The van der Waals surface area contributed by atoms with E-state index in [-0.39, 0.29) is 6.04 Å². The van der Waals surface area contributed by atoms with Crippen molar-refractivity contribution in [2.45, 2.75) is 49.5 Å². The van der Waals surface area contributed by atoms with Crippen LogP contribution in [0, 0.1) is 0 Å². The molecule has 0 saturated carbocycles. The highest BCUT2D eigenvalue weighted by Gasteiger charge is 2.26. The molecule has 5 nitrogen and oxygen atoms in total. The summed E-state index contributed by atoms with van der Waals surface area (Å²) in [5.74, 6) is 0. The van der Waals surface area contributed by atoms with E-state index in [1.54, 1.807) is 17.4 Å². The van der Waals surface area contributed by atoms with E-state index in [1.807, 2.05) is 23.7 Å². The van der Waals surface area contributed by atoms with Crippen LogP contribution in [0.3, 0.4) is 0 Å². The number of aryl methyl sites for hydroxylation is 2. The van der Waals surface area contributed by atoms with Crippen molar-refractivity contribution in [1.82, 2.24) is 9.71 Å². The Morgan fingerprint density at radius 2 is 1.88 bits per heavy atom. The second kappa shape index (κ2) is 7.05. The summed E-state index contributed by atoms with van der Waals surface area (Å²) in [6, 6.07) is 5.63. The quantitative estimate of drug-likeness (QED) is 0.890. The van der Waals surface area contributed by atoms with Crippen LogP contribution in [0.5, 0.6) is 0 Å². The highest BCUT2D eigenvalue weighted by atomic mass is 32.2. The topological polar surface area (TPSA) is 62.3 Å². The van der Waals surface area contributed by atoms with E-state index in [4.69, 9.17) is 0 Å². The van der Waals surface area contributed by atoms with Gasteiger partial charge in [-0.1, -0.05) is 6.07 Å². The lowest BCUT2D eigenvalue weighted by atomic mass is 9.92. The maximum atomic E-state index is 12.8. The average molecular weight is 378 g/mol. The third kappa shape index (κ3) is 3.73. The third-order valence-electron chi connectivity index (χ3n) is 5.14. The maximum Gasteiger partial charge on any atom is 0.240 e. The zero-order valence-electron chi connectivity index (χ0n) is 14.1. The molecule has 1 saturated heterocycles. The summed E-state index contributed by atoms with van der Waals surface area (Å²) >= 11 is 1.63. The van der Waals surface area contributed by atoms with Gasteiger partial charge in [0.2, 0.25) is 10.0 Å². The first-order valence-corrected chi connectivity index (χ1v) is 11.3. The van der Waals surface area contributed by atoms with Gasteiger partial charge in [0.25, 0.3) is 0 Å². The van der Waals surface area contributed by atoms with Crippen molar-refractivity contribution in [3.8, 4) is 0 Å². The molecule has 0 spiro atoms. The number of benzene rings is 1. The Bertz CT molecular complexity index is 826. The predicted molar refractivity (Wildman–Crippen MR) is 101 cm³/mol. The van der Waals surface area contributed by atoms with Crippen molar-refractivity contribution in [1.29, 1.82) is 0 Å². The second-order valence-electron chi connectivity index (χ2n) is 6.83. The fourth-order valence-corrected chi connectivity index (χ4v) is 5.78. The van der Waals surface area contributed by atoms with E-state index in [0.717, 1.165) is 50.3 Å². The zero-order valence-corrected chi connectivity index (χ0v) is 15.8. The highest BCUT2D eigenvalue weighted by molar-refractivity contribution is 7.89. The highest BCUT2D eigenvalue weighted by Crippen LogP contribution is 2.26. The molecule has 2 aromatic rings. The largest absolute Gasteiger partial charge is 0.348 e. The van der Waals surface area contributed by atoms with E-state index in [2.05, 4.69) is 14.6 Å². The van der Waals surface area contributed by atoms with E-state index in [1.165, 1.54) is 17.5 Å². The van der Waals surface area contributed by atoms with Crippen LogP contribution in [0.25, 0.3) is 0 Å². The van der Waals surface area contributed by atoms with Crippen molar-refractivity contribution < 1.29 is 8.42 Å². The van der Waals surface area contributed by atoms with Gasteiger partial charge in [0.05, 0.1) is 4.90 Å². The molecule has 1 aliphatic heterocycles. The van der Waals surface area contributed by atoms with Crippen molar-refractivity contribution in [2.24, 2.45) is 0 Å². The molecular weight excluding hydrogens is 354 g/mol. The number of hydrogen-bond acceptors (Lipinski definition) is 5. The van der Waals surface area contributed by atoms with Crippen LogP contribution in [0.2, 0.25) is 0 Å². The molecule has 1 aromatic heterocycles. The lowest BCUT2D eigenvalue weighted by molar-refractivity contribution is 0.459. The van der Waals surface area contributed by atoms with E-state index < -0.39 is 10.0 Å². The standard InChI is InChI=1S/C18H23N3O2S2/c22-25(23,17-6-5-14-3-1-2-4-15(14)13-17)20-16-7-10-21(11-8-16)18-19-9-12-24-18/h5-6,9,12-13,16,20H,1-4,7-8,10-11H2. The molecule has 0 unspecified atom stereocenters. The number of aromatic nitrogens is 1. The normalized spacial score (nSPS) is 19.0. The van der Waals surface area contributed by atoms with Gasteiger partial charge in [0.1, 0.15) is 0 Å². The SMILES string of the molecule is O=S(=O)(NC1CCN(c2nccs2)CC1)c1ccc2c(c1)CCCC2. The van der Waals surface area contributed by atoms with Gasteiger partial charge in [-0.25, -0.2) is 18.1 Å². The van der Waals surface area contributed by atoms with Crippen LogP contribution in [-0.2, 0) is 22.9 Å². The molecule has 2 heterocycles. The average Bonchev–Trinajstić information content (AvgIpc) is 3.16. The number of nitrogens with zero attached hydrogens (tertiary/aromatic N) is 2. The number of piperidine rings is 1. The molecule has 134 valence electrons. The molecule has 1 N–H and O–H groups in total. The van der Waals surface area contributed by atoms with Crippen molar-refractivity contribution in [3.63, 3.8) is 0 Å². The van der Waals surface area contributed by atoms with E-state index in [0.29, 0.717) is 4.90 Å². The van der Waals surface area contributed by atoms with Crippen LogP contribution in [0.1, 0.15) is 36.8 Å². The monoisotopic (exact) mass is 377 g/mol. The molecule has 0 amide bonds. The van der Waals surface area contributed by atoms with Gasteiger partial charge < -0.3 is 4.90 Å². The molecule has 0 radical (unpaired) electrons. The molecule has 0 atom stereocenters. The van der Waals surface area contributed by atoms with Crippen LogP contribution in [-0.4, -0.2) is 32.5 Å². The number of sulfonamides is 1. The van der Waals surface area contributed by atoms with Crippen LogP contribution < -0.4 is 9.62 Å². The van der Waals surface area contributed by atoms with Crippen LogP contribution in [0.15, 0.2) is 34.7 Å². The summed E-state index contributed by atoms with van der Waals surface area (Å²) in [6.45, 7) is 1.68. The van der Waals surface area contributed by atoms with Crippen LogP contribution in [0.4, 0.5) is 5.13 Å². The Hall–Kier alpha value is -1.44. The molecule has 1 aromatic carbocycles. The van der Waals surface area contributed by atoms with Gasteiger partial charge >= 0.3 is 0 Å². The number of fused-ring (bicyclic) bond motifs is 1. The minimum Gasteiger partial charge on any atom is -0.348 e. The summed E-state index contributed by atoms with van der Waals surface area (Å²) in [6.07, 6.45) is 7.84. The summed E-state index contributed by atoms with van der Waals surface area (Å²) in [4.78, 5) is 6.98. The molecule has 1 fully saturated rings. The number of thiazole rings is 1. The number of nitrogens with one attached hydrogen (secondary N) is 1. The van der Waals surface area contributed by atoms with Gasteiger partial charge in [0, 0.05) is 30.7 Å². The smallest absolute Gasteiger partial charge is 0.240 e. The molecule has 4 rings (SSSR count). The Morgan fingerprint density at radius 3 is 2.60 bits per heavy atom. The fraction of sp³-hybridized carbons (Fsp3) is 0.500.